The number of amides is 1. The number of halogens is 1. The van der Waals surface area contributed by atoms with Crippen molar-refractivity contribution in [3.63, 3.8) is 0 Å². The van der Waals surface area contributed by atoms with Gasteiger partial charge in [-0.2, -0.15) is 0 Å². The van der Waals surface area contributed by atoms with Crippen molar-refractivity contribution in [1.82, 2.24) is 4.98 Å². The van der Waals surface area contributed by atoms with E-state index in [0.717, 1.165) is 12.1 Å². The molecule has 0 atom stereocenters. The van der Waals surface area contributed by atoms with Gasteiger partial charge in [0.05, 0.1) is 0 Å². The number of hydrogen-bond acceptors (Lipinski definition) is 6. The summed E-state index contributed by atoms with van der Waals surface area (Å²) in [6, 6.07) is 7.80. The highest BCUT2D eigenvalue weighted by Crippen LogP contribution is 2.19. The second-order valence-corrected chi connectivity index (χ2v) is 6.91. The molecule has 2 aromatic rings. The van der Waals surface area contributed by atoms with Crippen LogP contribution in [0.2, 0.25) is 0 Å². The fourth-order valence-corrected chi connectivity index (χ4v) is 2.39. The average molecular weight is 387 g/mol. The van der Waals surface area contributed by atoms with Gasteiger partial charge in [0.15, 0.2) is 5.71 Å². The summed E-state index contributed by atoms with van der Waals surface area (Å²) in [7, 11) is 0. The van der Waals surface area contributed by atoms with Crippen molar-refractivity contribution in [1.29, 1.82) is 0 Å². The number of pyridine rings is 1. The highest BCUT2D eigenvalue weighted by molar-refractivity contribution is 6.51. The zero-order chi connectivity index (χ0) is 20.9. The first-order valence-electron chi connectivity index (χ1n) is 8.65. The second kappa shape index (κ2) is 8.60. The average Bonchev–Trinajstić information content (AvgIpc) is 2.62. The molecule has 0 aliphatic carbocycles. The summed E-state index contributed by atoms with van der Waals surface area (Å²) < 4.78 is 18.4. The molecule has 1 amide bonds. The molecule has 1 heterocycles. The van der Waals surface area contributed by atoms with Crippen LogP contribution in [-0.2, 0) is 4.74 Å². The van der Waals surface area contributed by atoms with Crippen LogP contribution in [0.4, 0.5) is 15.0 Å². The molecule has 0 fully saturated rings. The second-order valence-electron chi connectivity index (χ2n) is 6.91. The Kier molecular flexibility index (Phi) is 6.45. The van der Waals surface area contributed by atoms with Gasteiger partial charge in [-0.1, -0.05) is 5.16 Å². The normalized spacial score (nSPS) is 11.8. The third kappa shape index (κ3) is 5.12. The van der Waals surface area contributed by atoms with Crippen molar-refractivity contribution in [2.45, 2.75) is 33.3 Å². The zero-order valence-electron chi connectivity index (χ0n) is 16.1. The van der Waals surface area contributed by atoms with E-state index in [1.54, 1.807) is 27.7 Å². The van der Waals surface area contributed by atoms with Crippen molar-refractivity contribution in [2.75, 3.05) is 11.4 Å². The summed E-state index contributed by atoms with van der Waals surface area (Å²) in [6.07, 6.45) is 0.799. The summed E-state index contributed by atoms with van der Waals surface area (Å²) >= 11 is 0. The van der Waals surface area contributed by atoms with Crippen LogP contribution in [0.5, 0.6) is 0 Å². The van der Waals surface area contributed by atoms with Gasteiger partial charge in [0.1, 0.15) is 17.2 Å². The van der Waals surface area contributed by atoms with Crippen LogP contribution >= 0.6 is 0 Å². The number of anilines is 1. The number of ketones is 1. The maximum atomic E-state index is 13.1. The maximum Gasteiger partial charge on any atom is 0.415 e. The quantitative estimate of drug-likeness (QED) is 0.362. The molecule has 0 radical (unpaired) electrons. The summed E-state index contributed by atoms with van der Waals surface area (Å²) in [5.41, 5.74) is -0.523. The molecular formula is C20H22FN3O4. The molecule has 28 heavy (non-hydrogen) atoms. The molecule has 2 rings (SSSR count). The third-order valence-electron chi connectivity index (χ3n) is 3.65. The summed E-state index contributed by atoms with van der Waals surface area (Å²) in [5, 5.41) is 12.5. The highest BCUT2D eigenvalue weighted by Gasteiger charge is 2.24. The Morgan fingerprint density at radius 1 is 1.18 bits per heavy atom. The topological polar surface area (TPSA) is 92.1 Å². The lowest BCUT2D eigenvalue weighted by atomic mass is 10.0. The number of carbonyl (C=O) groups excluding carboxylic acids is 2. The predicted molar refractivity (Wildman–Crippen MR) is 103 cm³/mol. The van der Waals surface area contributed by atoms with Gasteiger partial charge >= 0.3 is 6.09 Å². The molecule has 0 saturated heterocycles. The molecule has 1 aromatic heterocycles. The van der Waals surface area contributed by atoms with E-state index in [2.05, 4.69) is 10.1 Å². The van der Waals surface area contributed by atoms with Crippen molar-refractivity contribution in [3.8, 4) is 0 Å². The van der Waals surface area contributed by atoms with E-state index < -0.39 is 23.3 Å². The van der Waals surface area contributed by atoms with Gasteiger partial charge in [0, 0.05) is 23.9 Å². The van der Waals surface area contributed by atoms with E-state index in [9.17, 15) is 19.2 Å². The van der Waals surface area contributed by atoms with E-state index in [-0.39, 0.29) is 29.2 Å². The van der Waals surface area contributed by atoms with Gasteiger partial charge < -0.3 is 9.94 Å². The van der Waals surface area contributed by atoms with Crippen molar-refractivity contribution < 1.29 is 23.9 Å². The molecular weight excluding hydrogens is 365 g/mol. The number of aromatic nitrogens is 1. The Morgan fingerprint density at radius 2 is 1.82 bits per heavy atom. The van der Waals surface area contributed by atoms with Crippen LogP contribution < -0.4 is 4.90 Å². The SMILES string of the molecule is CCN(C(=O)OC(C)(C)C)c1cc(/C(=N/O)C(=O)c2ccc(F)cc2)ccn1. The molecule has 0 saturated carbocycles. The first-order chi connectivity index (χ1) is 13.2. The Labute approximate surface area is 162 Å². The maximum absolute atomic E-state index is 13.1. The molecule has 1 aromatic carbocycles. The van der Waals surface area contributed by atoms with Gasteiger partial charge in [-0.05, 0) is 64.1 Å². The first kappa shape index (κ1) is 21.0. The molecule has 0 bridgehead atoms. The Balaban J connectivity index is 2.35. The molecule has 1 N–H and O–H groups in total. The number of ether oxygens (including phenoxy) is 1. The fraction of sp³-hybridized carbons (Fsp3) is 0.300. The minimum Gasteiger partial charge on any atom is -0.443 e. The number of rotatable bonds is 5. The Morgan fingerprint density at radius 3 is 2.36 bits per heavy atom. The van der Waals surface area contributed by atoms with Gasteiger partial charge in [-0.3, -0.25) is 9.69 Å². The van der Waals surface area contributed by atoms with E-state index in [1.165, 1.54) is 35.4 Å². The van der Waals surface area contributed by atoms with Crippen LogP contribution in [0, 0.1) is 5.82 Å². The van der Waals surface area contributed by atoms with Gasteiger partial charge in [0.2, 0.25) is 5.78 Å². The van der Waals surface area contributed by atoms with E-state index >= 15 is 0 Å². The molecule has 0 spiro atoms. The number of nitrogens with zero attached hydrogens (tertiary/aromatic N) is 3. The van der Waals surface area contributed by atoms with Gasteiger partial charge in [-0.15, -0.1) is 0 Å². The van der Waals surface area contributed by atoms with Crippen LogP contribution in [0.1, 0.15) is 43.6 Å². The minimum atomic E-state index is -0.682. The van der Waals surface area contributed by atoms with Crippen molar-refractivity contribution in [3.05, 3.63) is 59.5 Å². The lowest BCUT2D eigenvalue weighted by molar-refractivity contribution is 0.0581. The largest absolute Gasteiger partial charge is 0.443 e. The lowest BCUT2D eigenvalue weighted by Crippen LogP contribution is -2.37. The van der Waals surface area contributed by atoms with Gasteiger partial charge in [0.25, 0.3) is 0 Å². The number of Topliss-reactive ketones (excluding diaryl/α,β-unsaturated/α-hetero) is 1. The smallest absolute Gasteiger partial charge is 0.415 e. The molecule has 148 valence electrons. The number of benzene rings is 1. The number of hydrogen-bond donors (Lipinski definition) is 1. The molecule has 0 aliphatic rings. The van der Waals surface area contributed by atoms with Crippen LogP contribution in [0.3, 0.4) is 0 Å². The first-order valence-corrected chi connectivity index (χ1v) is 8.65. The number of oxime groups is 1. The van der Waals surface area contributed by atoms with Crippen molar-refractivity contribution in [2.24, 2.45) is 5.16 Å². The van der Waals surface area contributed by atoms with Crippen LogP contribution in [0.25, 0.3) is 0 Å². The standard InChI is InChI=1S/C20H22FN3O4/c1-5-24(19(26)28-20(2,3)4)16-12-14(10-11-22-16)17(23-27)18(25)13-6-8-15(21)9-7-13/h6-12,27H,5H2,1-4H3/b23-17-. The predicted octanol–water partition coefficient (Wildman–Crippen LogP) is 4.04. The zero-order valence-corrected chi connectivity index (χ0v) is 16.1. The summed E-state index contributed by atoms with van der Waals surface area (Å²) in [4.78, 5) is 30.5. The Bertz CT molecular complexity index is 889. The summed E-state index contributed by atoms with van der Waals surface area (Å²) in [5.74, 6) is -0.844. The van der Waals surface area contributed by atoms with Crippen molar-refractivity contribution >= 4 is 23.4 Å². The van der Waals surface area contributed by atoms with E-state index in [1.807, 2.05) is 0 Å². The van der Waals surface area contributed by atoms with Crippen LogP contribution in [-0.4, -0.2) is 39.9 Å². The highest BCUT2D eigenvalue weighted by atomic mass is 19.1. The monoisotopic (exact) mass is 387 g/mol. The molecule has 0 unspecified atom stereocenters. The van der Waals surface area contributed by atoms with Gasteiger partial charge in [-0.25, -0.2) is 14.2 Å². The lowest BCUT2D eigenvalue weighted by Gasteiger charge is -2.26. The van der Waals surface area contributed by atoms with Crippen LogP contribution in [0.15, 0.2) is 47.8 Å². The molecule has 7 nitrogen and oxygen atoms in total. The molecule has 8 heteroatoms. The van der Waals surface area contributed by atoms with E-state index in [4.69, 9.17) is 4.74 Å². The molecule has 0 aliphatic heterocycles. The van der Waals surface area contributed by atoms with E-state index in [0.29, 0.717) is 0 Å². The number of carbonyl (C=O) groups is 2. The summed E-state index contributed by atoms with van der Waals surface area (Å²) in [6.45, 7) is 7.29. The third-order valence-corrected chi connectivity index (χ3v) is 3.65. The fourth-order valence-electron chi connectivity index (χ4n) is 2.39. The Hall–Kier alpha value is -3.29. The minimum absolute atomic E-state index is 0.159.